The van der Waals surface area contributed by atoms with E-state index in [2.05, 4.69) is 6.07 Å². The maximum atomic E-state index is 13.9. The van der Waals surface area contributed by atoms with Gasteiger partial charge in [0.15, 0.2) is 0 Å². The van der Waals surface area contributed by atoms with Gasteiger partial charge in [-0.05, 0) is 52.6 Å². The molecule has 0 aliphatic carbocycles. The molecule has 5 nitrogen and oxygen atoms in total. The normalized spacial score (nSPS) is 11.0. The quantitative estimate of drug-likeness (QED) is 0.262. The molecular weight excluding hydrogens is 455 g/mol. The second-order valence-corrected chi connectivity index (χ2v) is 8.68. The number of benzene rings is 4. The third kappa shape index (κ3) is 5.44. The average molecular weight is 481 g/mol. The molecule has 0 spiro atoms. The number of fused-ring (bicyclic) bond motifs is 1. The molecule has 36 heavy (non-hydrogen) atoms. The minimum atomic E-state index is -0.825. The molecule has 0 aliphatic heterocycles. The zero-order valence-electron chi connectivity index (χ0n) is 19.6. The first-order valence-electron chi connectivity index (χ1n) is 11.8. The Morgan fingerprint density at radius 3 is 2.44 bits per heavy atom. The fourth-order valence-corrected chi connectivity index (χ4v) is 4.23. The first-order valence-corrected chi connectivity index (χ1v) is 11.8. The van der Waals surface area contributed by atoms with Gasteiger partial charge in [-0.1, -0.05) is 66.7 Å². The summed E-state index contributed by atoms with van der Waals surface area (Å²) in [5.74, 6) is -0.419. The standard InChI is InChI=1S/C30H25FN2O3/c31-28-9-5-4-8-26(28)20-36-27-14-12-23-16-21(10-11-24(23)17-27)18-33-19-25(13-15-29(34)35)30(32-33)22-6-2-1-3-7-22/h1-12,14,16-17,19H,13,15,18,20H2,(H,34,35). The predicted octanol–water partition coefficient (Wildman–Crippen LogP) is 6.49. The maximum absolute atomic E-state index is 13.9. The van der Waals surface area contributed by atoms with E-state index in [-0.39, 0.29) is 18.8 Å². The molecule has 0 bridgehead atoms. The summed E-state index contributed by atoms with van der Waals surface area (Å²) in [5, 5.41) is 16.0. The molecule has 0 aliphatic rings. The topological polar surface area (TPSA) is 64.3 Å². The van der Waals surface area contributed by atoms with Gasteiger partial charge >= 0.3 is 5.97 Å². The molecule has 1 heterocycles. The van der Waals surface area contributed by atoms with Crippen LogP contribution < -0.4 is 4.74 Å². The highest BCUT2D eigenvalue weighted by atomic mass is 19.1. The van der Waals surface area contributed by atoms with Crippen molar-refractivity contribution in [3.8, 4) is 17.0 Å². The summed E-state index contributed by atoms with van der Waals surface area (Å²) in [6.07, 6.45) is 2.42. The third-order valence-electron chi connectivity index (χ3n) is 6.07. The number of aromatic nitrogens is 2. The number of ether oxygens (including phenoxy) is 1. The maximum Gasteiger partial charge on any atom is 0.303 e. The summed E-state index contributed by atoms with van der Waals surface area (Å²) in [4.78, 5) is 11.1. The number of hydrogen-bond donors (Lipinski definition) is 1. The summed E-state index contributed by atoms with van der Waals surface area (Å²) in [7, 11) is 0. The lowest BCUT2D eigenvalue weighted by molar-refractivity contribution is -0.136. The summed E-state index contributed by atoms with van der Waals surface area (Å²) >= 11 is 0. The highest BCUT2D eigenvalue weighted by Crippen LogP contribution is 2.26. The van der Waals surface area contributed by atoms with Gasteiger partial charge in [-0.2, -0.15) is 5.10 Å². The van der Waals surface area contributed by atoms with Gasteiger partial charge in [-0.3, -0.25) is 9.48 Å². The summed E-state index contributed by atoms with van der Waals surface area (Å²) in [6.45, 7) is 0.734. The molecule has 5 rings (SSSR count). The van der Waals surface area contributed by atoms with Gasteiger partial charge in [0.05, 0.1) is 12.2 Å². The number of aliphatic carboxylic acids is 1. The van der Waals surface area contributed by atoms with Crippen LogP contribution in [0.2, 0.25) is 0 Å². The zero-order chi connectivity index (χ0) is 24.9. The van der Waals surface area contributed by atoms with Crippen molar-refractivity contribution in [1.29, 1.82) is 0 Å². The van der Waals surface area contributed by atoms with Crippen LogP contribution in [-0.4, -0.2) is 20.9 Å². The van der Waals surface area contributed by atoms with E-state index in [1.165, 1.54) is 6.07 Å². The Labute approximate surface area is 208 Å². The van der Waals surface area contributed by atoms with Gasteiger partial charge < -0.3 is 9.84 Å². The van der Waals surface area contributed by atoms with Crippen LogP contribution in [-0.2, 0) is 24.4 Å². The largest absolute Gasteiger partial charge is 0.489 e. The van der Waals surface area contributed by atoms with Crippen molar-refractivity contribution in [2.24, 2.45) is 0 Å². The Morgan fingerprint density at radius 2 is 1.64 bits per heavy atom. The Morgan fingerprint density at radius 1 is 0.889 bits per heavy atom. The predicted molar refractivity (Wildman–Crippen MR) is 137 cm³/mol. The van der Waals surface area contributed by atoms with Crippen LogP contribution in [0.15, 0.2) is 97.2 Å². The van der Waals surface area contributed by atoms with Gasteiger partial charge in [0.1, 0.15) is 18.2 Å². The van der Waals surface area contributed by atoms with Crippen molar-refractivity contribution in [3.63, 3.8) is 0 Å². The second-order valence-electron chi connectivity index (χ2n) is 8.68. The van der Waals surface area contributed by atoms with Gasteiger partial charge in [0.2, 0.25) is 0 Å². The molecule has 1 N–H and O–H groups in total. The van der Waals surface area contributed by atoms with E-state index in [0.29, 0.717) is 24.3 Å². The number of nitrogens with zero attached hydrogens (tertiary/aromatic N) is 2. The first kappa shape index (κ1) is 23.3. The van der Waals surface area contributed by atoms with Crippen molar-refractivity contribution in [1.82, 2.24) is 9.78 Å². The summed E-state index contributed by atoms with van der Waals surface area (Å²) in [5.41, 5.74) is 4.30. The molecule has 6 heteroatoms. The third-order valence-corrected chi connectivity index (χ3v) is 6.07. The lowest BCUT2D eigenvalue weighted by atomic mass is 10.0. The molecule has 0 fully saturated rings. The SMILES string of the molecule is O=C(O)CCc1cn(Cc2ccc3cc(OCc4ccccc4F)ccc3c2)nc1-c1ccccc1. The van der Waals surface area contributed by atoms with E-state index < -0.39 is 5.97 Å². The van der Waals surface area contributed by atoms with Crippen LogP contribution in [0.25, 0.3) is 22.0 Å². The number of carboxylic acids is 1. The first-order chi connectivity index (χ1) is 17.5. The minimum Gasteiger partial charge on any atom is -0.489 e. The van der Waals surface area contributed by atoms with Crippen LogP contribution in [0.1, 0.15) is 23.1 Å². The number of carboxylic acid groups (broad SMARTS) is 1. The number of hydrogen-bond acceptors (Lipinski definition) is 3. The number of carbonyl (C=O) groups is 1. The van der Waals surface area contributed by atoms with Gasteiger partial charge in [0.25, 0.3) is 0 Å². The van der Waals surface area contributed by atoms with E-state index in [1.54, 1.807) is 18.2 Å². The van der Waals surface area contributed by atoms with Gasteiger partial charge in [-0.15, -0.1) is 0 Å². The molecule has 0 unspecified atom stereocenters. The van der Waals surface area contributed by atoms with Crippen molar-refractivity contribution in [2.45, 2.75) is 26.0 Å². The highest BCUT2D eigenvalue weighted by Gasteiger charge is 2.13. The van der Waals surface area contributed by atoms with Crippen molar-refractivity contribution in [2.75, 3.05) is 0 Å². The molecule has 0 amide bonds. The fraction of sp³-hybridized carbons (Fsp3) is 0.133. The second kappa shape index (κ2) is 10.4. The zero-order valence-corrected chi connectivity index (χ0v) is 19.6. The minimum absolute atomic E-state index is 0.0584. The lowest BCUT2D eigenvalue weighted by Crippen LogP contribution is -2.00. The monoisotopic (exact) mass is 480 g/mol. The molecule has 0 atom stereocenters. The number of aryl methyl sites for hydroxylation is 1. The molecular formula is C30H25FN2O3. The van der Waals surface area contributed by atoms with Crippen molar-refractivity contribution in [3.05, 3.63) is 120 Å². The molecule has 5 aromatic rings. The number of rotatable bonds is 9. The smallest absolute Gasteiger partial charge is 0.303 e. The average Bonchev–Trinajstić information content (AvgIpc) is 3.30. The van der Waals surface area contributed by atoms with E-state index in [1.807, 2.05) is 71.5 Å². The fourth-order valence-electron chi connectivity index (χ4n) is 4.23. The molecule has 180 valence electrons. The molecule has 0 radical (unpaired) electrons. The molecule has 0 saturated heterocycles. The summed E-state index contributed by atoms with van der Waals surface area (Å²) < 4.78 is 21.5. The van der Waals surface area contributed by atoms with Crippen molar-refractivity contribution < 1.29 is 19.0 Å². The van der Waals surface area contributed by atoms with Crippen molar-refractivity contribution >= 4 is 16.7 Å². The molecule has 1 aromatic heterocycles. The van der Waals surface area contributed by atoms with Crippen LogP contribution in [0.4, 0.5) is 4.39 Å². The highest BCUT2D eigenvalue weighted by molar-refractivity contribution is 5.84. The lowest BCUT2D eigenvalue weighted by Gasteiger charge is -2.09. The Kier molecular flexibility index (Phi) is 6.76. The Balaban J connectivity index is 1.34. The molecule has 0 saturated carbocycles. The van der Waals surface area contributed by atoms with E-state index in [4.69, 9.17) is 14.9 Å². The van der Waals surface area contributed by atoms with E-state index >= 15 is 0 Å². The van der Waals surface area contributed by atoms with Gasteiger partial charge in [-0.25, -0.2) is 4.39 Å². The van der Waals surface area contributed by atoms with Gasteiger partial charge in [0, 0.05) is 23.7 Å². The van der Waals surface area contributed by atoms with E-state index in [0.717, 1.165) is 33.2 Å². The number of halogens is 1. The van der Waals surface area contributed by atoms with E-state index in [9.17, 15) is 9.18 Å². The Hall–Kier alpha value is -4.45. The van der Waals surface area contributed by atoms with Crippen LogP contribution >= 0.6 is 0 Å². The van der Waals surface area contributed by atoms with Crippen LogP contribution in [0, 0.1) is 5.82 Å². The van der Waals surface area contributed by atoms with Crippen LogP contribution in [0.3, 0.4) is 0 Å². The molecule has 4 aromatic carbocycles. The Bertz CT molecular complexity index is 1510. The summed E-state index contributed by atoms with van der Waals surface area (Å²) in [6, 6.07) is 28.4. The van der Waals surface area contributed by atoms with Crippen LogP contribution in [0.5, 0.6) is 5.75 Å².